The molecule has 0 aromatic carbocycles. The summed E-state index contributed by atoms with van der Waals surface area (Å²) in [5.41, 5.74) is -0.732. The van der Waals surface area contributed by atoms with Gasteiger partial charge in [-0.1, -0.05) is 18.9 Å². The highest BCUT2D eigenvalue weighted by atomic mass is 19.3. The van der Waals surface area contributed by atoms with Crippen LogP contribution in [0.2, 0.25) is 0 Å². The summed E-state index contributed by atoms with van der Waals surface area (Å²) in [6, 6.07) is 4.44. The van der Waals surface area contributed by atoms with Gasteiger partial charge in [-0.05, 0) is 18.9 Å². The average molecular weight is 314 g/mol. The second-order valence-corrected chi connectivity index (χ2v) is 5.66. The van der Waals surface area contributed by atoms with E-state index in [1.807, 2.05) is 0 Å². The van der Waals surface area contributed by atoms with Gasteiger partial charge in [0.1, 0.15) is 5.69 Å². The number of halogens is 2. The lowest BCUT2D eigenvalue weighted by Gasteiger charge is -2.28. The molecule has 0 aliphatic heterocycles. The van der Waals surface area contributed by atoms with Crippen molar-refractivity contribution in [1.82, 2.24) is 9.88 Å². The van der Waals surface area contributed by atoms with Crippen LogP contribution < -0.4 is 4.74 Å². The first-order chi connectivity index (χ1) is 10.4. The van der Waals surface area contributed by atoms with Gasteiger partial charge >= 0.3 is 0 Å². The number of rotatable bonds is 6. The molecule has 1 aromatic heterocycles. The molecule has 0 bridgehead atoms. The van der Waals surface area contributed by atoms with Crippen molar-refractivity contribution in [2.24, 2.45) is 0 Å². The Labute approximate surface area is 127 Å². The van der Waals surface area contributed by atoms with E-state index in [1.165, 1.54) is 23.1 Å². The number of carbonyl (C=O) groups excluding carboxylic acids is 1. The largest absolute Gasteiger partial charge is 0.472 e. The zero-order valence-corrected chi connectivity index (χ0v) is 12.5. The minimum atomic E-state index is -2.60. The molecule has 0 unspecified atom stereocenters. The number of pyridine rings is 1. The summed E-state index contributed by atoms with van der Waals surface area (Å²) in [6.07, 6.45) is 0.660. The predicted molar refractivity (Wildman–Crippen MR) is 76.1 cm³/mol. The van der Waals surface area contributed by atoms with E-state index in [9.17, 15) is 18.7 Å². The zero-order valence-electron chi connectivity index (χ0n) is 12.5. The zero-order chi connectivity index (χ0) is 16.2. The molecule has 1 saturated carbocycles. The van der Waals surface area contributed by atoms with E-state index < -0.39 is 18.6 Å². The molecule has 2 rings (SSSR count). The molecule has 0 radical (unpaired) electrons. The summed E-state index contributed by atoms with van der Waals surface area (Å²) in [6.45, 7) is -0.532. The SMILES string of the molecule is CN(CC1(O)CCCC1)C(=O)c1cccc(OCC(F)F)n1. The highest BCUT2D eigenvalue weighted by Crippen LogP contribution is 2.30. The lowest BCUT2D eigenvalue weighted by Crippen LogP contribution is -2.42. The molecular weight excluding hydrogens is 294 g/mol. The summed E-state index contributed by atoms with van der Waals surface area (Å²) < 4.78 is 29.1. The monoisotopic (exact) mass is 314 g/mol. The van der Waals surface area contributed by atoms with Crippen LogP contribution in [0.15, 0.2) is 18.2 Å². The second-order valence-electron chi connectivity index (χ2n) is 5.66. The molecule has 7 heteroatoms. The Balaban J connectivity index is 2.00. The number of carbonyl (C=O) groups is 1. The molecule has 22 heavy (non-hydrogen) atoms. The Hall–Kier alpha value is -1.76. The molecule has 1 N–H and O–H groups in total. The fraction of sp³-hybridized carbons (Fsp3) is 0.600. The van der Waals surface area contributed by atoms with Crippen LogP contribution >= 0.6 is 0 Å². The number of hydrogen-bond acceptors (Lipinski definition) is 4. The standard InChI is InChI=1S/C15H20F2N2O3/c1-19(10-15(21)7-2-3-8-15)14(20)11-5-4-6-13(18-11)22-9-12(16)17/h4-6,12,21H,2-3,7-10H2,1H3. The van der Waals surface area contributed by atoms with E-state index in [-0.39, 0.29) is 24.0 Å². The second kappa shape index (κ2) is 7.00. The van der Waals surface area contributed by atoms with Crippen LogP contribution in [0, 0.1) is 0 Å². The maximum atomic E-state index is 12.3. The third-order valence-corrected chi connectivity index (χ3v) is 3.71. The van der Waals surface area contributed by atoms with Crippen LogP contribution in [-0.4, -0.2) is 53.1 Å². The molecule has 122 valence electrons. The van der Waals surface area contributed by atoms with Gasteiger partial charge in [-0.15, -0.1) is 0 Å². The van der Waals surface area contributed by atoms with Gasteiger partial charge in [-0.2, -0.15) is 0 Å². The van der Waals surface area contributed by atoms with E-state index in [0.29, 0.717) is 12.8 Å². The highest BCUT2D eigenvalue weighted by Gasteiger charge is 2.33. The van der Waals surface area contributed by atoms with Gasteiger partial charge in [0, 0.05) is 19.7 Å². The highest BCUT2D eigenvalue weighted by molar-refractivity contribution is 5.92. The maximum Gasteiger partial charge on any atom is 0.272 e. The maximum absolute atomic E-state index is 12.3. The quantitative estimate of drug-likeness (QED) is 0.873. The van der Waals surface area contributed by atoms with Crippen molar-refractivity contribution < 1.29 is 23.4 Å². The van der Waals surface area contributed by atoms with Gasteiger partial charge < -0.3 is 14.7 Å². The topological polar surface area (TPSA) is 62.7 Å². The first kappa shape index (κ1) is 16.6. The van der Waals surface area contributed by atoms with Crippen molar-refractivity contribution >= 4 is 5.91 Å². The summed E-state index contributed by atoms with van der Waals surface area (Å²) in [5, 5.41) is 10.3. The minimum Gasteiger partial charge on any atom is -0.472 e. The molecular formula is C15H20F2N2O3. The Morgan fingerprint density at radius 2 is 2.14 bits per heavy atom. The van der Waals surface area contributed by atoms with Crippen LogP contribution in [0.5, 0.6) is 5.88 Å². The van der Waals surface area contributed by atoms with Gasteiger partial charge in [0.2, 0.25) is 5.88 Å². The smallest absolute Gasteiger partial charge is 0.272 e. The van der Waals surface area contributed by atoms with E-state index in [4.69, 9.17) is 4.74 Å². The fourth-order valence-electron chi connectivity index (χ4n) is 2.66. The normalized spacial score (nSPS) is 16.8. The van der Waals surface area contributed by atoms with E-state index in [2.05, 4.69) is 4.98 Å². The summed E-state index contributed by atoms with van der Waals surface area (Å²) in [4.78, 5) is 17.7. The average Bonchev–Trinajstić information content (AvgIpc) is 2.91. The minimum absolute atomic E-state index is 0.0147. The molecule has 0 saturated heterocycles. The first-order valence-corrected chi connectivity index (χ1v) is 7.25. The van der Waals surface area contributed by atoms with E-state index >= 15 is 0 Å². The van der Waals surface area contributed by atoms with Gasteiger partial charge in [0.15, 0.2) is 6.61 Å². The molecule has 0 atom stereocenters. The summed E-state index contributed by atoms with van der Waals surface area (Å²) >= 11 is 0. The van der Waals surface area contributed by atoms with Crippen molar-refractivity contribution in [1.29, 1.82) is 0 Å². The molecule has 1 aliphatic carbocycles. The third kappa shape index (κ3) is 4.37. The number of alkyl halides is 2. The van der Waals surface area contributed by atoms with Crippen LogP contribution in [0.25, 0.3) is 0 Å². The van der Waals surface area contributed by atoms with E-state index in [0.717, 1.165) is 12.8 Å². The number of amides is 1. The lowest BCUT2D eigenvalue weighted by atomic mass is 10.0. The Bertz CT molecular complexity index is 519. The molecule has 1 heterocycles. The van der Waals surface area contributed by atoms with Crippen LogP contribution in [0.4, 0.5) is 8.78 Å². The van der Waals surface area contributed by atoms with E-state index in [1.54, 1.807) is 7.05 Å². The fourth-order valence-corrected chi connectivity index (χ4v) is 2.66. The Kier molecular flexibility index (Phi) is 5.28. The molecule has 0 spiro atoms. The van der Waals surface area contributed by atoms with Crippen LogP contribution in [0.3, 0.4) is 0 Å². The van der Waals surface area contributed by atoms with Crippen molar-refractivity contribution in [2.45, 2.75) is 37.7 Å². The summed E-state index contributed by atoms with van der Waals surface area (Å²) in [7, 11) is 1.59. The Morgan fingerprint density at radius 3 is 2.77 bits per heavy atom. The third-order valence-electron chi connectivity index (χ3n) is 3.71. The van der Waals surface area contributed by atoms with Crippen molar-refractivity contribution in [3.8, 4) is 5.88 Å². The van der Waals surface area contributed by atoms with Gasteiger partial charge in [0.05, 0.1) is 5.60 Å². The molecule has 1 amide bonds. The number of aromatic nitrogens is 1. The Morgan fingerprint density at radius 1 is 1.45 bits per heavy atom. The summed E-state index contributed by atoms with van der Waals surface area (Å²) in [5.74, 6) is -0.387. The number of likely N-dealkylation sites (N-methyl/N-ethyl adjacent to an activating group) is 1. The van der Waals surface area contributed by atoms with Crippen molar-refractivity contribution in [3.05, 3.63) is 23.9 Å². The molecule has 1 aliphatic rings. The number of ether oxygens (including phenoxy) is 1. The lowest BCUT2D eigenvalue weighted by molar-refractivity contribution is 0.0154. The van der Waals surface area contributed by atoms with Gasteiger partial charge in [-0.3, -0.25) is 4.79 Å². The number of nitrogens with zero attached hydrogens (tertiary/aromatic N) is 2. The molecule has 1 fully saturated rings. The predicted octanol–water partition coefficient (Wildman–Crippen LogP) is 2.10. The van der Waals surface area contributed by atoms with Crippen LogP contribution in [0.1, 0.15) is 36.2 Å². The molecule has 1 aromatic rings. The van der Waals surface area contributed by atoms with Crippen molar-refractivity contribution in [2.75, 3.05) is 20.2 Å². The van der Waals surface area contributed by atoms with Crippen molar-refractivity contribution in [3.63, 3.8) is 0 Å². The van der Waals surface area contributed by atoms with Gasteiger partial charge in [0.25, 0.3) is 12.3 Å². The molecule has 5 nitrogen and oxygen atoms in total. The van der Waals surface area contributed by atoms with Gasteiger partial charge in [-0.25, -0.2) is 13.8 Å². The number of hydrogen-bond donors (Lipinski definition) is 1. The number of aliphatic hydroxyl groups is 1. The first-order valence-electron chi connectivity index (χ1n) is 7.25. The van der Waals surface area contributed by atoms with Crippen LogP contribution in [-0.2, 0) is 0 Å².